The van der Waals surface area contributed by atoms with E-state index < -0.39 is 15.9 Å². The maximum Gasteiger partial charge on any atom is 0.266 e. The van der Waals surface area contributed by atoms with Gasteiger partial charge >= 0.3 is 0 Å². The molecule has 118 valence electrons. The first-order valence-corrected chi connectivity index (χ1v) is 8.24. The molecule has 0 atom stereocenters. The fraction of sp³-hybridized carbons (Fsp3) is 0.188. The predicted molar refractivity (Wildman–Crippen MR) is 84.3 cm³/mol. The monoisotopic (exact) mass is 329 g/mol. The van der Waals surface area contributed by atoms with Crippen LogP contribution in [0, 0.1) is 32.1 Å². The number of aromatic nitrogens is 1. The molecule has 1 amide bonds. The molecule has 0 unspecified atom stereocenters. The highest BCUT2D eigenvalue weighted by molar-refractivity contribution is 7.90. The molecule has 0 radical (unpaired) electrons. The molecule has 23 heavy (non-hydrogen) atoms. The van der Waals surface area contributed by atoms with Gasteiger partial charge in [-0.2, -0.15) is 5.26 Å². The molecular weight excluding hydrogens is 314 g/mol. The molecule has 0 aliphatic carbocycles. The number of carbonyl (C=O) groups is 1. The minimum Gasteiger partial charge on any atom is -0.268 e. The molecule has 1 N–H and O–H groups in total. The third kappa shape index (κ3) is 3.55. The summed E-state index contributed by atoms with van der Waals surface area (Å²) < 4.78 is 26.9. The van der Waals surface area contributed by atoms with E-state index in [9.17, 15) is 13.2 Å². The lowest BCUT2D eigenvalue weighted by molar-refractivity contribution is 0.0981. The van der Waals surface area contributed by atoms with Gasteiger partial charge in [-0.1, -0.05) is 6.07 Å². The lowest BCUT2D eigenvalue weighted by Gasteiger charge is -2.11. The summed E-state index contributed by atoms with van der Waals surface area (Å²) in [6.07, 6.45) is 1.16. The lowest BCUT2D eigenvalue weighted by Crippen LogP contribution is -2.31. The summed E-state index contributed by atoms with van der Waals surface area (Å²) in [5.74, 6) is -0.792. The zero-order valence-corrected chi connectivity index (χ0v) is 13.7. The topological polar surface area (TPSA) is 99.9 Å². The Kier molecular flexibility index (Phi) is 4.48. The van der Waals surface area contributed by atoms with Gasteiger partial charge in [0.25, 0.3) is 15.9 Å². The normalized spacial score (nSPS) is 10.9. The predicted octanol–water partition coefficient (Wildman–Crippen LogP) is 2.00. The molecule has 0 saturated heterocycles. The largest absolute Gasteiger partial charge is 0.268 e. The van der Waals surface area contributed by atoms with Crippen molar-refractivity contribution in [1.82, 2.24) is 9.71 Å². The number of nitrogens with one attached hydrogen (secondary N) is 1. The first-order valence-electron chi connectivity index (χ1n) is 6.76. The molecule has 0 fully saturated rings. The number of rotatable bonds is 3. The van der Waals surface area contributed by atoms with Gasteiger partial charge in [-0.3, -0.25) is 4.79 Å². The Morgan fingerprint density at radius 1 is 1.13 bits per heavy atom. The number of hydrogen-bond donors (Lipinski definition) is 1. The van der Waals surface area contributed by atoms with Gasteiger partial charge in [0.1, 0.15) is 11.8 Å². The zero-order valence-electron chi connectivity index (χ0n) is 12.9. The second-order valence-corrected chi connectivity index (χ2v) is 6.83. The fourth-order valence-electron chi connectivity index (χ4n) is 2.05. The van der Waals surface area contributed by atoms with E-state index in [1.807, 2.05) is 17.7 Å². The molecule has 1 aromatic heterocycles. The van der Waals surface area contributed by atoms with Crippen LogP contribution in [0.15, 0.2) is 35.4 Å². The van der Waals surface area contributed by atoms with Gasteiger partial charge in [0.2, 0.25) is 0 Å². The second-order valence-electron chi connectivity index (χ2n) is 5.18. The maximum atomic E-state index is 12.4. The molecule has 0 spiro atoms. The Balaban J connectivity index is 2.32. The van der Waals surface area contributed by atoms with Crippen molar-refractivity contribution in [2.24, 2.45) is 0 Å². The van der Waals surface area contributed by atoms with Gasteiger partial charge in [0.15, 0.2) is 0 Å². The molecule has 2 aromatic rings. The Hall–Kier alpha value is -2.72. The van der Waals surface area contributed by atoms with Crippen LogP contribution in [0.2, 0.25) is 0 Å². The van der Waals surface area contributed by atoms with Gasteiger partial charge in [0.05, 0.1) is 10.5 Å². The molecule has 0 bridgehead atoms. The van der Waals surface area contributed by atoms with Crippen LogP contribution in [-0.2, 0) is 10.0 Å². The summed E-state index contributed by atoms with van der Waals surface area (Å²) in [5.41, 5.74) is 2.57. The van der Waals surface area contributed by atoms with Crippen molar-refractivity contribution in [1.29, 1.82) is 5.26 Å². The quantitative estimate of drug-likeness (QED) is 0.928. The summed E-state index contributed by atoms with van der Waals surface area (Å²) >= 11 is 0. The summed E-state index contributed by atoms with van der Waals surface area (Å²) in [6.45, 7) is 5.37. The van der Waals surface area contributed by atoms with Crippen LogP contribution in [-0.4, -0.2) is 19.3 Å². The standard InChI is InChI=1S/C16H15N3O3S/c1-10-6-12(3)15(7-11(10)2)23(21,22)19-16(20)13-4-5-14(8-17)18-9-13/h4-7,9H,1-3H3,(H,19,20). The number of carbonyl (C=O) groups excluding carboxylic acids is 1. The number of aryl methyl sites for hydroxylation is 3. The minimum atomic E-state index is -3.99. The lowest BCUT2D eigenvalue weighted by atomic mass is 10.1. The molecule has 1 aromatic carbocycles. The van der Waals surface area contributed by atoms with Crippen molar-refractivity contribution < 1.29 is 13.2 Å². The molecule has 0 aliphatic rings. The summed E-state index contributed by atoms with van der Waals surface area (Å²) in [4.78, 5) is 15.9. The Morgan fingerprint density at radius 3 is 2.35 bits per heavy atom. The molecular formula is C16H15N3O3S. The van der Waals surface area contributed by atoms with E-state index in [0.717, 1.165) is 17.3 Å². The van der Waals surface area contributed by atoms with E-state index in [1.54, 1.807) is 19.9 Å². The molecule has 2 rings (SSSR count). The highest BCUT2D eigenvalue weighted by atomic mass is 32.2. The first-order chi connectivity index (χ1) is 10.7. The minimum absolute atomic E-state index is 0.0639. The van der Waals surface area contributed by atoms with Crippen molar-refractivity contribution in [3.8, 4) is 6.07 Å². The van der Waals surface area contributed by atoms with Gasteiger partial charge in [-0.25, -0.2) is 18.1 Å². The van der Waals surface area contributed by atoms with E-state index in [4.69, 9.17) is 5.26 Å². The average Bonchev–Trinajstić information content (AvgIpc) is 2.50. The molecule has 1 heterocycles. The SMILES string of the molecule is Cc1cc(C)c(S(=O)(=O)NC(=O)c2ccc(C#N)nc2)cc1C. The van der Waals surface area contributed by atoms with Crippen molar-refractivity contribution in [2.75, 3.05) is 0 Å². The second kappa shape index (κ2) is 6.18. The highest BCUT2D eigenvalue weighted by Gasteiger charge is 2.21. The van der Waals surface area contributed by atoms with E-state index in [0.29, 0.717) is 5.56 Å². The highest BCUT2D eigenvalue weighted by Crippen LogP contribution is 2.20. The van der Waals surface area contributed by atoms with E-state index >= 15 is 0 Å². The number of hydrogen-bond acceptors (Lipinski definition) is 5. The molecule has 0 saturated carbocycles. The van der Waals surface area contributed by atoms with Crippen molar-refractivity contribution >= 4 is 15.9 Å². The van der Waals surface area contributed by atoms with Crippen LogP contribution < -0.4 is 4.72 Å². The Morgan fingerprint density at radius 2 is 1.78 bits per heavy atom. The van der Waals surface area contributed by atoms with Gasteiger partial charge in [0, 0.05) is 6.20 Å². The third-order valence-corrected chi connectivity index (χ3v) is 4.92. The number of benzene rings is 1. The van der Waals surface area contributed by atoms with E-state index in [-0.39, 0.29) is 16.2 Å². The number of nitrogens with zero attached hydrogens (tertiary/aromatic N) is 2. The van der Waals surface area contributed by atoms with Crippen LogP contribution in [0.4, 0.5) is 0 Å². The first kappa shape index (κ1) is 16.6. The Bertz CT molecular complexity index is 911. The number of pyridine rings is 1. The van der Waals surface area contributed by atoms with Crippen molar-refractivity contribution in [3.63, 3.8) is 0 Å². The fourth-order valence-corrected chi connectivity index (χ4v) is 3.34. The smallest absolute Gasteiger partial charge is 0.266 e. The van der Waals surface area contributed by atoms with Crippen LogP contribution in [0.25, 0.3) is 0 Å². The zero-order chi connectivity index (χ0) is 17.2. The van der Waals surface area contributed by atoms with E-state index in [2.05, 4.69) is 4.98 Å². The van der Waals surface area contributed by atoms with Crippen molar-refractivity contribution in [3.05, 3.63) is 58.4 Å². The van der Waals surface area contributed by atoms with Gasteiger partial charge < -0.3 is 0 Å². The summed E-state index contributed by atoms with van der Waals surface area (Å²) in [5, 5.41) is 8.67. The Labute approximate surface area is 134 Å². The average molecular weight is 329 g/mol. The summed E-state index contributed by atoms with van der Waals surface area (Å²) in [6, 6.07) is 7.83. The van der Waals surface area contributed by atoms with Crippen LogP contribution in [0.1, 0.15) is 32.7 Å². The number of nitriles is 1. The van der Waals surface area contributed by atoms with Crippen molar-refractivity contribution in [2.45, 2.75) is 25.7 Å². The number of sulfonamides is 1. The van der Waals surface area contributed by atoms with Crippen LogP contribution >= 0.6 is 0 Å². The molecule has 0 aliphatic heterocycles. The molecule has 7 heteroatoms. The third-order valence-electron chi connectivity index (χ3n) is 3.45. The van der Waals surface area contributed by atoms with Gasteiger partial charge in [-0.05, 0) is 55.7 Å². The van der Waals surface area contributed by atoms with E-state index in [1.165, 1.54) is 18.2 Å². The van der Waals surface area contributed by atoms with Crippen LogP contribution in [0.3, 0.4) is 0 Å². The summed E-state index contributed by atoms with van der Waals surface area (Å²) in [7, 11) is -3.99. The maximum absolute atomic E-state index is 12.4. The van der Waals surface area contributed by atoms with Gasteiger partial charge in [-0.15, -0.1) is 0 Å². The van der Waals surface area contributed by atoms with Crippen LogP contribution in [0.5, 0.6) is 0 Å². The number of amides is 1. The molecule has 6 nitrogen and oxygen atoms in total.